The highest BCUT2D eigenvalue weighted by atomic mass is 16.5. The Morgan fingerprint density at radius 2 is 2.09 bits per heavy atom. The maximum atomic E-state index is 6.05. The number of rotatable bonds is 1. The van der Waals surface area contributed by atoms with Gasteiger partial charge in [0.15, 0.2) is 0 Å². The molecule has 2 aliphatic carbocycles. The Kier molecular flexibility index (Phi) is 1.52. The monoisotopic (exact) mass is 155 g/mol. The summed E-state index contributed by atoms with van der Waals surface area (Å²) in [5.41, 5.74) is 6.45. The molecule has 0 saturated heterocycles. The van der Waals surface area contributed by atoms with Crippen molar-refractivity contribution in [2.75, 3.05) is 7.11 Å². The lowest BCUT2D eigenvalue weighted by Crippen LogP contribution is -2.70. The Hall–Kier alpha value is -0.0800. The summed E-state index contributed by atoms with van der Waals surface area (Å²) < 4.78 is 5.45. The van der Waals surface area contributed by atoms with Crippen LogP contribution < -0.4 is 5.73 Å². The predicted octanol–water partition coefficient (Wildman–Crippen LogP) is 1.15. The molecule has 1 spiro atoms. The molecule has 2 saturated carbocycles. The van der Waals surface area contributed by atoms with Crippen molar-refractivity contribution < 1.29 is 4.74 Å². The number of hydrogen-bond donors (Lipinski definition) is 1. The zero-order chi connectivity index (χ0) is 8.06. The summed E-state index contributed by atoms with van der Waals surface area (Å²) in [5, 5.41) is 0. The molecule has 0 bridgehead atoms. The second kappa shape index (κ2) is 2.20. The molecule has 0 heterocycles. The number of ether oxygens (including phenoxy) is 1. The van der Waals surface area contributed by atoms with Crippen molar-refractivity contribution in [1.82, 2.24) is 0 Å². The van der Waals surface area contributed by atoms with Gasteiger partial charge < -0.3 is 10.5 Å². The van der Waals surface area contributed by atoms with E-state index in [1.54, 1.807) is 0 Å². The van der Waals surface area contributed by atoms with Crippen molar-refractivity contribution in [3.63, 3.8) is 0 Å². The Morgan fingerprint density at radius 1 is 1.45 bits per heavy atom. The largest absolute Gasteiger partial charge is 0.380 e. The summed E-state index contributed by atoms with van der Waals surface area (Å²) in [6, 6.07) is 0.404. The molecule has 2 N–H and O–H groups in total. The van der Waals surface area contributed by atoms with Crippen molar-refractivity contribution in [1.29, 1.82) is 0 Å². The van der Waals surface area contributed by atoms with Crippen LogP contribution in [0.4, 0.5) is 0 Å². The SMILES string of the molecule is CO[C@@H]1[C@@H](C)[C@@H](N)C12CCC2. The van der Waals surface area contributed by atoms with Crippen LogP contribution in [0, 0.1) is 11.3 Å². The molecular formula is C9H17NO. The lowest BCUT2D eigenvalue weighted by molar-refractivity contribution is -0.191. The summed E-state index contributed by atoms with van der Waals surface area (Å²) in [5.74, 6) is 0.570. The molecule has 0 aromatic rings. The first-order chi connectivity index (χ1) is 5.22. The Labute approximate surface area is 68.1 Å². The molecule has 2 heteroatoms. The molecule has 0 unspecified atom stereocenters. The topological polar surface area (TPSA) is 35.2 Å². The fraction of sp³-hybridized carbons (Fsp3) is 1.00. The highest BCUT2D eigenvalue weighted by Crippen LogP contribution is 2.58. The van der Waals surface area contributed by atoms with Crippen molar-refractivity contribution in [2.24, 2.45) is 17.1 Å². The van der Waals surface area contributed by atoms with E-state index in [-0.39, 0.29) is 0 Å². The van der Waals surface area contributed by atoms with Crippen LogP contribution in [0.1, 0.15) is 26.2 Å². The molecule has 2 aliphatic rings. The first-order valence-electron chi connectivity index (χ1n) is 4.51. The third-order valence-corrected chi connectivity index (χ3v) is 3.81. The maximum absolute atomic E-state index is 6.05. The second-order valence-electron chi connectivity index (χ2n) is 4.13. The highest BCUT2D eigenvalue weighted by molar-refractivity contribution is 5.14. The molecule has 3 atom stereocenters. The first-order valence-corrected chi connectivity index (χ1v) is 4.51. The smallest absolute Gasteiger partial charge is 0.0682 e. The number of nitrogens with two attached hydrogens (primary N) is 1. The van der Waals surface area contributed by atoms with Gasteiger partial charge in [-0.05, 0) is 18.8 Å². The summed E-state index contributed by atoms with van der Waals surface area (Å²) in [7, 11) is 1.81. The zero-order valence-electron chi connectivity index (χ0n) is 7.34. The summed E-state index contributed by atoms with van der Waals surface area (Å²) in [6.45, 7) is 2.20. The third-order valence-electron chi connectivity index (χ3n) is 3.81. The van der Waals surface area contributed by atoms with Crippen molar-refractivity contribution in [3.8, 4) is 0 Å². The van der Waals surface area contributed by atoms with Crippen molar-refractivity contribution in [3.05, 3.63) is 0 Å². The van der Waals surface area contributed by atoms with Crippen LogP contribution in [0.15, 0.2) is 0 Å². The molecular weight excluding hydrogens is 138 g/mol. The maximum Gasteiger partial charge on any atom is 0.0682 e. The minimum atomic E-state index is 0.397. The van der Waals surface area contributed by atoms with Gasteiger partial charge in [0.1, 0.15) is 0 Å². The molecule has 2 rings (SSSR count). The fourth-order valence-corrected chi connectivity index (χ4v) is 2.96. The van der Waals surface area contributed by atoms with Crippen LogP contribution in [0.3, 0.4) is 0 Å². The molecule has 2 nitrogen and oxygen atoms in total. The molecule has 0 aromatic heterocycles. The van der Waals surface area contributed by atoms with Gasteiger partial charge >= 0.3 is 0 Å². The molecule has 2 fully saturated rings. The number of methoxy groups -OCH3 is 1. The Morgan fingerprint density at radius 3 is 2.36 bits per heavy atom. The van der Waals surface area contributed by atoms with Gasteiger partial charge in [-0.3, -0.25) is 0 Å². The van der Waals surface area contributed by atoms with Crippen LogP contribution in [-0.2, 0) is 4.74 Å². The van der Waals surface area contributed by atoms with Gasteiger partial charge in [-0.1, -0.05) is 13.3 Å². The molecule has 11 heavy (non-hydrogen) atoms. The highest BCUT2D eigenvalue weighted by Gasteiger charge is 2.61. The van der Waals surface area contributed by atoms with Crippen LogP contribution in [-0.4, -0.2) is 19.3 Å². The standard InChI is InChI=1S/C9H17NO/c1-6-7(10)9(4-3-5-9)8(6)11-2/h6-8H,3-5,10H2,1-2H3/t6-,7+,8+/m0/s1. The van der Waals surface area contributed by atoms with E-state index in [2.05, 4.69) is 6.92 Å². The average molecular weight is 155 g/mol. The van der Waals surface area contributed by atoms with Gasteiger partial charge in [0.05, 0.1) is 6.10 Å². The minimum Gasteiger partial charge on any atom is -0.380 e. The van der Waals surface area contributed by atoms with E-state index in [1.165, 1.54) is 19.3 Å². The van der Waals surface area contributed by atoms with Crippen LogP contribution in [0.5, 0.6) is 0 Å². The average Bonchev–Trinajstić information content (AvgIpc) is 1.93. The van der Waals surface area contributed by atoms with Gasteiger partial charge in [0, 0.05) is 18.6 Å². The predicted molar refractivity (Wildman–Crippen MR) is 44.2 cm³/mol. The van der Waals surface area contributed by atoms with Crippen LogP contribution in [0.2, 0.25) is 0 Å². The van der Waals surface area contributed by atoms with Crippen molar-refractivity contribution >= 4 is 0 Å². The first kappa shape index (κ1) is 7.56. The van der Waals surface area contributed by atoms with E-state index in [1.807, 2.05) is 7.11 Å². The van der Waals surface area contributed by atoms with Crippen LogP contribution in [0.25, 0.3) is 0 Å². The molecule has 0 amide bonds. The molecule has 64 valence electrons. The molecule has 0 aliphatic heterocycles. The van der Waals surface area contributed by atoms with E-state index in [9.17, 15) is 0 Å². The van der Waals surface area contributed by atoms with E-state index in [0.29, 0.717) is 23.5 Å². The van der Waals surface area contributed by atoms with E-state index in [0.717, 1.165) is 0 Å². The van der Waals surface area contributed by atoms with Gasteiger partial charge in [-0.15, -0.1) is 0 Å². The lowest BCUT2D eigenvalue weighted by Gasteiger charge is -2.63. The van der Waals surface area contributed by atoms with E-state index < -0.39 is 0 Å². The summed E-state index contributed by atoms with van der Waals surface area (Å²) >= 11 is 0. The van der Waals surface area contributed by atoms with Gasteiger partial charge in [-0.2, -0.15) is 0 Å². The Balaban J connectivity index is 2.09. The molecule has 0 radical (unpaired) electrons. The lowest BCUT2D eigenvalue weighted by atomic mass is 9.47. The molecule has 0 aromatic carbocycles. The normalized spacial score (nSPS) is 46.6. The fourth-order valence-electron chi connectivity index (χ4n) is 2.96. The Bertz CT molecular complexity index is 165. The van der Waals surface area contributed by atoms with E-state index >= 15 is 0 Å². The third kappa shape index (κ3) is 0.695. The quantitative estimate of drug-likeness (QED) is 0.616. The summed E-state index contributed by atoms with van der Waals surface area (Å²) in [4.78, 5) is 0. The van der Waals surface area contributed by atoms with Gasteiger partial charge in [-0.25, -0.2) is 0 Å². The minimum absolute atomic E-state index is 0.397. The second-order valence-corrected chi connectivity index (χ2v) is 4.13. The zero-order valence-corrected chi connectivity index (χ0v) is 7.34. The van der Waals surface area contributed by atoms with Crippen LogP contribution >= 0.6 is 0 Å². The van der Waals surface area contributed by atoms with Gasteiger partial charge in [0.25, 0.3) is 0 Å². The number of hydrogen-bond acceptors (Lipinski definition) is 2. The van der Waals surface area contributed by atoms with Gasteiger partial charge in [0.2, 0.25) is 0 Å². The van der Waals surface area contributed by atoms with Crippen molar-refractivity contribution in [2.45, 2.75) is 38.3 Å². The van der Waals surface area contributed by atoms with E-state index in [4.69, 9.17) is 10.5 Å². The summed E-state index contributed by atoms with van der Waals surface area (Å²) in [6.07, 6.45) is 4.38.